The number of nitrogens with one attached hydrogen (secondary N) is 2. The van der Waals surface area contributed by atoms with E-state index in [0.29, 0.717) is 32.4 Å². The molecular formula is C17H26N2O4. The maximum absolute atomic E-state index is 11.6. The minimum Gasteiger partial charge on any atom is -0.444 e. The second kappa shape index (κ2) is 9.84. The van der Waals surface area contributed by atoms with Gasteiger partial charge in [0, 0.05) is 13.0 Å². The maximum atomic E-state index is 11.6. The lowest BCUT2D eigenvalue weighted by molar-refractivity contribution is -0.134. The third-order valence-electron chi connectivity index (χ3n) is 2.77. The number of hydroxylamine groups is 1. The number of carbonyl (C=O) groups is 2. The highest BCUT2D eigenvalue weighted by Gasteiger charge is 2.15. The van der Waals surface area contributed by atoms with Gasteiger partial charge in [0.2, 0.25) is 5.91 Å². The molecule has 0 heterocycles. The molecule has 0 spiro atoms. The van der Waals surface area contributed by atoms with E-state index < -0.39 is 11.7 Å². The number of hydrogen-bond acceptors (Lipinski definition) is 4. The number of alkyl carbamates (subject to hydrolysis) is 1. The Balaban J connectivity index is 2.01. The summed E-state index contributed by atoms with van der Waals surface area (Å²) in [4.78, 5) is 28.1. The lowest BCUT2D eigenvalue weighted by Crippen LogP contribution is -2.33. The van der Waals surface area contributed by atoms with E-state index in [1.165, 1.54) is 0 Å². The monoisotopic (exact) mass is 322 g/mol. The summed E-state index contributed by atoms with van der Waals surface area (Å²) < 4.78 is 5.11. The van der Waals surface area contributed by atoms with Gasteiger partial charge in [-0.2, -0.15) is 0 Å². The highest BCUT2D eigenvalue weighted by molar-refractivity contribution is 5.74. The van der Waals surface area contributed by atoms with Crippen LogP contribution in [0.4, 0.5) is 4.79 Å². The predicted molar refractivity (Wildman–Crippen MR) is 87.5 cm³/mol. The van der Waals surface area contributed by atoms with Crippen molar-refractivity contribution in [3.05, 3.63) is 35.9 Å². The summed E-state index contributed by atoms with van der Waals surface area (Å²) in [7, 11) is 0. The SMILES string of the molecule is CC(C)(C)OC(=O)NCCCCC(=O)NOCc1ccccc1. The van der Waals surface area contributed by atoms with Gasteiger partial charge in [-0.1, -0.05) is 30.3 Å². The Morgan fingerprint density at radius 1 is 1.09 bits per heavy atom. The second-order valence-corrected chi connectivity index (χ2v) is 6.19. The third kappa shape index (κ3) is 10.3. The molecule has 6 heteroatoms. The molecule has 0 radical (unpaired) electrons. The summed E-state index contributed by atoms with van der Waals surface area (Å²) in [6.45, 7) is 6.25. The molecule has 0 aliphatic rings. The van der Waals surface area contributed by atoms with E-state index in [1.54, 1.807) is 0 Å². The van der Waals surface area contributed by atoms with Crippen molar-refractivity contribution in [2.45, 2.75) is 52.2 Å². The molecule has 1 aromatic rings. The fourth-order valence-electron chi connectivity index (χ4n) is 1.74. The predicted octanol–water partition coefficient (Wildman–Crippen LogP) is 2.93. The van der Waals surface area contributed by atoms with Crippen molar-refractivity contribution in [1.82, 2.24) is 10.8 Å². The fourth-order valence-corrected chi connectivity index (χ4v) is 1.74. The average Bonchev–Trinajstić information content (AvgIpc) is 2.46. The molecule has 0 saturated carbocycles. The Bertz CT molecular complexity index is 483. The van der Waals surface area contributed by atoms with Crippen LogP contribution >= 0.6 is 0 Å². The molecule has 1 aromatic carbocycles. The fraction of sp³-hybridized carbons (Fsp3) is 0.529. The van der Waals surface area contributed by atoms with Crippen LogP contribution in [-0.2, 0) is 21.0 Å². The molecule has 0 fully saturated rings. The first kappa shape index (κ1) is 19.0. The third-order valence-corrected chi connectivity index (χ3v) is 2.77. The van der Waals surface area contributed by atoms with Crippen LogP contribution in [0.3, 0.4) is 0 Å². The van der Waals surface area contributed by atoms with E-state index in [4.69, 9.17) is 9.57 Å². The molecule has 0 aliphatic heterocycles. The molecular weight excluding hydrogens is 296 g/mol. The number of amides is 2. The number of unbranched alkanes of at least 4 members (excludes halogenated alkanes) is 1. The largest absolute Gasteiger partial charge is 0.444 e. The van der Waals surface area contributed by atoms with Crippen LogP contribution in [0.1, 0.15) is 45.6 Å². The van der Waals surface area contributed by atoms with Gasteiger partial charge in [0.1, 0.15) is 5.60 Å². The molecule has 0 saturated heterocycles. The summed E-state index contributed by atoms with van der Waals surface area (Å²) in [6.07, 6.45) is 1.28. The zero-order valence-corrected chi connectivity index (χ0v) is 14.1. The van der Waals surface area contributed by atoms with Gasteiger partial charge in [-0.15, -0.1) is 0 Å². The van der Waals surface area contributed by atoms with Crippen molar-refractivity contribution in [3.63, 3.8) is 0 Å². The molecule has 128 valence electrons. The van der Waals surface area contributed by atoms with E-state index in [2.05, 4.69) is 10.8 Å². The minimum atomic E-state index is -0.500. The normalized spacial score (nSPS) is 10.9. The van der Waals surface area contributed by atoms with E-state index in [-0.39, 0.29) is 5.91 Å². The maximum Gasteiger partial charge on any atom is 0.407 e. The Hall–Kier alpha value is -2.08. The molecule has 0 atom stereocenters. The number of benzene rings is 1. The summed E-state index contributed by atoms with van der Waals surface area (Å²) >= 11 is 0. The van der Waals surface area contributed by atoms with Gasteiger partial charge in [-0.25, -0.2) is 10.3 Å². The zero-order chi connectivity index (χ0) is 17.1. The molecule has 2 amide bonds. The molecule has 2 N–H and O–H groups in total. The second-order valence-electron chi connectivity index (χ2n) is 6.19. The van der Waals surface area contributed by atoms with Crippen LogP contribution < -0.4 is 10.8 Å². The van der Waals surface area contributed by atoms with E-state index in [1.807, 2.05) is 51.1 Å². The minimum absolute atomic E-state index is 0.168. The smallest absolute Gasteiger partial charge is 0.407 e. The van der Waals surface area contributed by atoms with Gasteiger partial charge >= 0.3 is 6.09 Å². The lowest BCUT2D eigenvalue weighted by atomic mass is 10.2. The molecule has 0 aliphatic carbocycles. The highest BCUT2D eigenvalue weighted by Crippen LogP contribution is 2.06. The molecule has 6 nitrogen and oxygen atoms in total. The molecule has 0 unspecified atom stereocenters. The summed E-state index contributed by atoms with van der Waals surface area (Å²) in [5.74, 6) is -0.168. The zero-order valence-electron chi connectivity index (χ0n) is 14.1. The quantitative estimate of drug-likeness (QED) is 0.570. The Morgan fingerprint density at radius 3 is 2.43 bits per heavy atom. The van der Waals surface area contributed by atoms with Crippen LogP contribution in [0.15, 0.2) is 30.3 Å². The summed E-state index contributed by atoms with van der Waals surface area (Å²) in [5.41, 5.74) is 2.91. The number of ether oxygens (including phenoxy) is 1. The van der Waals surface area contributed by atoms with Gasteiger partial charge in [0.05, 0.1) is 6.61 Å². The molecule has 23 heavy (non-hydrogen) atoms. The van der Waals surface area contributed by atoms with Gasteiger partial charge in [-0.3, -0.25) is 9.63 Å². The van der Waals surface area contributed by atoms with Crippen molar-refractivity contribution in [3.8, 4) is 0 Å². The topological polar surface area (TPSA) is 76.7 Å². The first-order chi connectivity index (χ1) is 10.9. The summed E-state index contributed by atoms with van der Waals surface area (Å²) in [5, 5.41) is 2.65. The van der Waals surface area contributed by atoms with Crippen molar-refractivity contribution >= 4 is 12.0 Å². The van der Waals surface area contributed by atoms with Crippen LogP contribution in [0, 0.1) is 0 Å². The van der Waals surface area contributed by atoms with Crippen molar-refractivity contribution < 1.29 is 19.2 Å². The van der Waals surface area contributed by atoms with Gasteiger partial charge in [-0.05, 0) is 39.2 Å². The van der Waals surface area contributed by atoms with Crippen LogP contribution in [0.5, 0.6) is 0 Å². The Kier molecular flexibility index (Phi) is 8.11. The Labute approximate surface area is 137 Å². The van der Waals surface area contributed by atoms with E-state index in [0.717, 1.165) is 5.56 Å². The number of carbonyl (C=O) groups excluding carboxylic acids is 2. The molecule has 1 rings (SSSR count). The van der Waals surface area contributed by atoms with Crippen molar-refractivity contribution in [1.29, 1.82) is 0 Å². The van der Waals surface area contributed by atoms with Gasteiger partial charge < -0.3 is 10.1 Å². The van der Waals surface area contributed by atoms with E-state index in [9.17, 15) is 9.59 Å². The van der Waals surface area contributed by atoms with E-state index >= 15 is 0 Å². The van der Waals surface area contributed by atoms with Crippen molar-refractivity contribution in [2.24, 2.45) is 0 Å². The van der Waals surface area contributed by atoms with Crippen LogP contribution in [0.25, 0.3) is 0 Å². The van der Waals surface area contributed by atoms with Crippen LogP contribution in [0.2, 0.25) is 0 Å². The first-order valence-electron chi connectivity index (χ1n) is 7.78. The lowest BCUT2D eigenvalue weighted by Gasteiger charge is -2.19. The molecule has 0 bridgehead atoms. The Morgan fingerprint density at radius 2 is 1.78 bits per heavy atom. The summed E-state index contributed by atoms with van der Waals surface area (Å²) in [6, 6.07) is 9.60. The van der Waals surface area contributed by atoms with Crippen molar-refractivity contribution in [2.75, 3.05) is 6.54 Å². The number of hydrogen-bond donors (Lipinski definition) is 2. The highest BCUT2D eigenvalue weighted by atomic mass is 16.6. The number of rotatable bonds is 8. The standard InChI is InChI=1S/C17H26N2O4/c1-17(2,3)23-16(21)18-12-8-7-11-15(20)19-22-13-14-9-5-4-6-10-14/h4-6,9-10H,7-8,11-13H2,1-3H3,(H,18,21)(H,19,20). The first-order valence-corrected chi connectivity index (χ1v) is 7.78. The van der Waals surface area contributed by atoms with Gasteiger partial charge in [0.15, 0.2) is 0 Å². The molecule has 0 aromatic heterocycles. The van der Waals surface area contributed by atoms with Gasteiger partial charge in [0.25, 0.3) is 0 Å². The average molecular weight is 322 g/mol. The van der Waals surface area contributed by atoms with Crippen LogP contribution in [-0.4, -0.2) is 24.1 Å².